The van der Waals surface area contributed by atoms with Crippen LogP contribution in [0, 0.1) is 10.3 Å². The van der Waals surface area contributed by atoms with E-state index >= 15 is 0 Å². The average molecular weight is 252 g/mol. The number of hydrogen-bond acceptors (Lipinski definition) is 5. The summed E-state index contributed by atoms with van der Waals surface area (Å²) in [5, 5.41) is 3.10. The zero-order valence-electron chi connectivity index (χ0n) is 11.5. The molecule has 0 aromatic rings. The third-order valence-corrected chi connectivity index (χ3v) is 3.21. The molecule has 5 heteroatoms. The smallest absolute Gasteiger partial charge is 0.109 e. The molecule has 1 aliphatic rings. The Balaban J connectivity index is 2.69. The van der Waals surface area contributed by atoms with Crippen molar-refractivity contribution < 1.29 is 0 Å². The molecule has 0 aromatic carbocycles. The SMILES string of the molecule is CC(C)(C)/C(N)=C/C=C(\N)N1CCCC(N=O)C1. The maximum Gasteiger partial charge on any atom is 0.109 e. The second-order valence-electron chi connectivity index (χ2n) is 5.81. The van der Waals surface area contributed by atoms with Gasteiger partial charge in [0.25, 0.3) is 0 Å². The Labute approximate surface area is 109 Å². The van der Waals surface area contributed by atoms with Crippen LogP contribution in [0.4, 0.5) is 0 Å². The molecule has 4 N–H and O–H groups in total. The van der Waals surface area contributed by atoms with Gasteiger partial charge in [0.2, 0.25) is 0 Å². The fraction of sp³-hybridized carbons (Fsp3) is 0.692. The molecule has 0 saturated carbocycles. The highest BCUT2D eigenvalue weighted by Gasteiger charge is 2.20. The van der Waals surface area contributed by atoms with Gasteiger partial charge in [-0.2, -0.15) is 4.91 Å². The van der Waals surface area contributed by atoms with Gasteiger partial charge in [-0.25, -0.2) is 0 Å². The molecule has 102 valence electrons. The van der Waals surface area contributed by atoms with Crippen LogP contribution >= 0.6 is 0 Å². The van der Waals surface area contributed by atoms with E-state index in [1.807, 2.05) is 17.1 Å². The number of allylic oxidation sites excluding steroid dienone is 3. The van der Waals surface area contributed by atoms with Gasteiger partial charge < -0.3 is 16.4 Å². The Morgan fingerprint density at radius 3 is 2.56 bits per heavy atom. The number of hydrogen-bond donors (Lipinski definition) is 2. The van der Waals surface area contributed by atoms with Gasteiger partial charge in [-0.15, -0.1) is 0 Å². The first-order valence-corrected chi connectivity index (χ1v) is 6.35. The van der Waals surface area contributed by atoms with E-state index in [1.54, 1.807) is 0 Å². The monoisotopic (exact) mass is 252 g/mol. The predicted octanol–water partition coefficient (Wildman–Crippen LogP) is 1.91. The Bertz CT molecular complexity index is 354. The van der Waals surface area contributed by atoms with Crippen LogP contribution in [0.15, 0.2) is 28.8 Å². The largest absolute Gasteiger partial charge is 0.402 e. The van der Waals surface area contributed by atoms with Crippen molar-refractivity contribution in [2.24, 2.45) is 22.1 Å². The topological polar surface area (TPSA) is 84.7 Å². The van der Waals surface area contributed by atoms with E-state index in [4.69, 9.17) is 11.5 Å². The standard InChI is InChI=1S/C13H24N4O/c1-13(2,3)11(14)6-7-12(15)17-8-4-5-10(9-17)16-18/h6-7,10H,4-5,8-9,14-15H2,1-3H3/b11-6-,12-7+. The van der Waals surface area contributed by atoms with Crippen LogP contribution in [-0.4, -0.2) is 24.0 Å². The normalized spacial score (nSPS) is 23.1. The second kappa shape index (κ2) is 5.89. The molecular formula is C13H24N4O. The van der Waals surface area contributed by atoms with E-state index in [0.717, 1.165) is 25.1 Å². The lowest BCUT2D eigenvalue weighted by Crippen LogP contribution is -2.39. The third kappa shape index (κ3) is 4.05. The lowest BCUT2D eigenvalue weighted by molar-refractivity contribution is 0.257. The Hall–Kier alpha value is -1.52. The fourth-order valence-corrected chi connectivity index (χ4v) is 1.81. The summed E-state index contributed by atoms with van der Waals surface area (Å²) in [6.45, 7) is 7.63. The third-order valence-electron chi connectivity index (χ3n) is 3.21. The number of rotatable bonds is 3. The Morgan fingerprint density at radius 2 is 2.00 bits per heavy atom. The van der Waals surface area contributed by atoms with Gasteiger partial charge in [0.15, 0.2) is 0 Å². The molecule has 1 unspecified atom stereocenters. The first-order valence-electron chi connectivity index (χ1n) is 6.35. The zero-order valence-corrected chi connectivity index (χ0v) is 11.5. The van der Waals surface area contributed by atoms with E-state index in [-0.39, 0.29) is 11.5 Å². The maximum absolute atomic E-state index is 10.6. The molecule has 1 fully saturated rings. The molecule has 0 bridgehead atoms. The van der Waals surface area contributed by atoms with E-state index in [2.05, 4.69) is 25.9 Å². The van der Waals surface area contributed by atoms with Crippen LogP contribution < -0.4 is 11.5 Å². The van der Waals surface area contributed by atoms with Crippen molar-refractivity contribution in [2.45, 2.75) is 39.7 Å². The highest BCUT2D eigenvalue weighted by molar-refractivity contribution is 5.18. The summed E-state index contributed by atoms with van der Waals surface area (Å²) in [4.78, 5) is 12.5. The van der Waals surface area contributed by atoms with Gasteiger partial charge in [-0.3, -0.25) is 0 Å². The van der Waals surface area contributed by atoms with Gasteiger partial charge in [0.1, 0.15) is 6.04 Å². The molecule has 1 atom stereocenters. The molecule has 5 nitrogen and oxygen atoms in total. The quantitative estimate of drug-likeness (QED) is 0.593. The van der Waals surface area contributed by atoms with Crippen molar-refractivity contribution in [2.75, 3.05) is 13.1 Å². The average Bonchev–Trinajstić information content (AvgIpc) is 2.34. The molecule has 1 rings (SSSR count). The minimum atomic E-state index is -0.144. The first kappa shape index (κ1) is 14.5. The molecule has 0 spiro atoms. The van der Waals surface area contributed by atoms with Gasteiger partial charge in [0, 0.05) is 24.2 Å². The van der Waals surface area contributed by atoms with Gasteiger partial charge in [-0.1, -0.05) is 25.9 Å². The molecule has 1 aliphatic heterocycles. The lowest BCUT2D eigenvalue weighted by Gasteiger charge is -2.31. The van der Waals surface area contributed by atoms with Crippen LogP contribution in [0.5, 0.6) is 0 Å². The van der Waals surface area contributed by atoms with Gasteiger partial charge in [0.05, 0.1) is 5.82 Å². The molecule has 0 radical (unpaired) electrons. The van der Waals surface area contributed by atoms with E-state index in [1.165, 1.54) is 0 Å². The van der Waals surface area contributed by atoms with Crippen molar-refractivity contribution in [1.29, 1.82) is 0 Å². The summed E-state index contributed by atoms with van der Waals surface area (Å²) in [5.41, 5.74) is 12.7. The minimum Gasteiger partial charge on any atom is -0.402 e. The van der Waals surface area contributed by atoms with Crippen molar-refractivity contribution in [3.05, 3.63) is 28.6 Å². The molecule has 18 heavy (non-hydrogen) atoms. The van der Waals surface area contributed by atoms with Crippen LogP contribution in [0.2, 0.25) is 0 Å². The summed E-state index contributed by atoms with van der Waals surface area (Å²) in [6, 6.07) is -0.144. The molecule has 0 aliphatic carbocycles. The Kier molecular flexibility index (Phi) is 4.76. The van der Waals surface area contributed by atoms with Crippen molar-refractivity contribution in [3.8, 4) is 0 Å². The van der Waals surface area contributed by atoms with Crippen LogP contribution in [0.3, 0.4) is 0 Å². The number of likely N-dealkylation sites (tertiary alicyclic amines) is 1. The van der Waals surface area contributed by atoms with Crippen molar-refractivity contribution in [1.82, 2.24) is 4.90 Å². The molecule has 1 saturated heterocycles. The lowest BCUT2D eigenvalue weighted by atomic mass is 9.92. The summed E-state index contributed by atoms with van der Waals surface area (Å²) in [6.07, 6.45) is 5.46. The van der Waals surface area contributed by atoms with Crippen molar-refractivity contribution in [3.63, 3.8) is 0 Å². The van der Waals surface area contributed by atoms with Crippen LogP contribution in [0.25, 0.3) is 0 Å². The molecule has 0 amide bonds. The van der Waals surface area contributed by atoms with Gasteiger partial charge in [-0.05, 0) is 25.0 Å². The Morgan fingerprint density at radius 1 is 1.33 bits per heavy atom. The van der Waals surface area contributed by atoms with E-state index in [0.29, 0.717) is 12.4 Å². The van der Waals surface area contributed by atoms with Crippen LogP contribution in [-0.2, 0) is 0 Å². The highest BCUT2D eigenvalue weighted by Crippen LogP contribution is 2.21. The van der Waals surface area contributed by atoms with Crippen molar-refractivity contribution >= 4 is 0 Å². The fourth-order valence-electron chi connectivity index (χ4n) is 1.81. The van der Waals surface area contributed by atoms with E-state index < -0.39 is 0 Å². The number of nitroso groups, excluding NO2 is 1. The summed E-state index contributed by atoms with van der Waals surface area (Å²) in [7, 11) is 0. The van der Waals surface area contributed by atoms with E-state index in [9.17, 15) is 4.91 Å². The van der Waals surface area contributed by atoms with Crippen LogP contribution in [0.1, 0.15) is 33.6 Å². The predicted molar refractivity (Wildman–Crippen MR) is 74.4 cm³/mol. The second-order valence-corrected chi connectivity index (χ2v) is 5.81. The number of nitrogens with zero attached hydrogens (tertiary/aromatic N) is 2. The first-order chi connectivity index (χ1) is 8.34. The molecular weight excluding hydrogens is 228 g/mol. The maximum atomic E-state index is 10.6. The minimum absolute atomic E-state index is 0.0639. The number of piperidine rings is 1. The molecule has 1 heterocycles. The summed E-state index contributed by atoms with van der Waals surface area (Å²) >= 11 is 0. The summed E-state index contributed by atoms with van der Waals surface area (Å²) < 4.78 is 0. The molecule has 0 aromatic heterocycles. The highest BCUT2D eigenvalue weighted by atomic mass is 16.3. The summed E-state index contributed by atoms with van der Waals surface area (Å²) in [5.74, 6) is 0.649. The number of nitrogens with two attached hydrogens (primary N) is 2. The van der Waals surface area contributed by atoms with Gasteiger partial charge >= 0.3 is 0 Å². The zero-order chi connectivity index (χ0) is 13.8.